The summed E-state index contributed by atoms with van der Waals surface area (Å²) in [5.41, 5.74) is 2.45. The first kappa shape index (κ1) is 17.8. The Balaban J connectivity index is 1.57. The van der Waals surface area contributed by atoms with Crippen LogP contribution < -0.4 is 20.1 Å². The zero-order valence-electron chi connectivity index (χ0n) is 14.7. The summed E-state index contributed by atoms with van der Waals surface area (Å²) >= 11 is 0. The van der Waals surface area contributed by atoms with Crippen LogP contribution in [0.15, 0.2) is 42.5 Å². The highest BCUT2D eigenvalue weighted by Gasteiger charge is 2.15. The Hall–Kier alpha value is -3.02. The van der Waals surface area contributed by atoms with Crippen LogP contribution in [0.3, 0.4) is 0 Å². The lowest BCUT2D eigenvalue weighted by molar-refractivity contribution is -0.118. The minimum Gasteiger partial charge on any atom is -0.491 e. The number of carbonyl (C=O) groups is 2. The summed E-state index contributed by atoms with van der Waals surface area (Å²) < 4.78 is 11.2. The van der Waals surface area contributed by atoms with Crippen LogP contribution in [0.5, 0.6) is 11.5 Å². The quantitative estimate of drug-likeness (QED) is 0.799. The van der Waals surface area contributed by atoms with Crippen molar-refractivity contribution >= 4 is 23.2 Å². The first-order valence-electron chi connectivity index (χ1n) is 8.73. The first-order chi connectivity index (χ1) is 12.7. The van der Waals surface area contributed by atoms with Crippen LogP contribution in [-0.2, 0) is 16.0 Å². The first-order valence-corrected chi connectivity index (χ1v) is 8.73. The smallest absolute Gasteiger partial charge is 0.262 e. The summed E-state index contributed by atoms with van der Waals surface area (Å²) in [7, 11) is 0. The third-order valence-electron chi connectivity index (χ3n) is 3.96. The summed E-state index contributed by atoms with van der Waals surface area (Å²) in [6, 6.07) is 12.7. The van der Waals surface area contributed by atoms with Gasteiger partial charge in [0.25, 0.3) is 5.91 Å². The van der Waals surface area contributed by atoms with Gasteiger partial charge in [0, 0.05) is 12.1 Å². The van der Waals surface area contributed by atoms with Crippen LogP contribution >= 0.6 is 0 Å². The van der Waals surface area contributed by atoms with Crippen molar-refractivity contribution in [3.05, 3.63) is 48.0 Å². The van der Waals surface area contributed by atoms with E-state index in [9.17, 15) is 9.59 Å². The number of hydrogen-bond acceptors (Lipinski definition) is 4. The molecule has 26 heavy (non-hydrogen) atoms. The molecule has 2 N–H and O–H groups in total. The molecule has 136 valence electrons. The van der Waals surface area contributed by atoms with Crippen molar-refractivity contribution in [2.75, 3.05) is 23.8 Å². The molecule has 6 nitrogen and oxygen atoms in total. The minimum absolute atomic E-state index is 0.0227. The molecular formula is C20H22N2O4. The second kappa shape index (κ2) is 8.38. The van der Waals surface area contributed by atoms with Crippen LogP contribution in [0.4, 0.5) is 11.4 Å². The van der Waals surface area contributed by atoms with Gasteiger partial charge < -0.3 is 20.1 Å². The maximum atomic E-state index is 12.2. The van der Waals surface area contributed by atoms with Gasteiger partial charge in [-0.05, 0) is 48.7 Å². The van der Waals surface area contributed by atoms with Crippen LogP contribution in [0.25, 0.3) is 0 Å². The molecule has 3 rings (SSSR count). The van der Waals surface area contributed by atoms with E-state index in [1.54, 1.807) is 18.2 Å². The number of carbonyl (C=O) groups excluding carboxylic acids is 2. The number of rotatable bonds is 7. The van der Waals surface area contributed by atoms with Gasteiger partial charge in [0.05, 0.1) is 12.3 Å². The average Bonchev–Trinajstić information content (AvgIpc) is 2.65. The maximum absolute atomic E-state index is 12.2. The van der Waals surface area contributed by atoms with E-state index in [-0.39, 0.29) is 18.4 Å². The topological polar surface area (TPSA) is 76.7 Å². The molecule has 0 bridgehead atoms. The van der Waals surface area contributed by atoms with Crippen molar-refractivity contribution < 1.29 is 19.1 Å². The van der Waals surface area contributed by atoms with Crippen molar-refractivity contribution in [1.82, 2.24) is 0 Å². The average molecular weight is 354 g/mol. The van der Waals surface area contributed by atoms with Gasteiger partial charge in [-0.2, -0.15) is 0 Å². The third-order valence-corrected chi connectivity index (χ3v) is 3.96. The van der Waals surface area contributed by atoms with Crippen LogP contribution in [0.2, 0.25) is 0 Å². The fraction of sp³-hybridized carbons (Fsp3) is 0.300. The fourth-order valence-corrected chi connectivity index (χ4v) is 2.69. The summed E-state index contributed by atoms with van der Waals surface area (Å²) in [6.45, 7) is 2.52. The molecule has 1 aliphatic heterocycles. The highest BCUT2D eigenvalue weighted by atomic mass is 16.5. The Kier molecular flexibility index (Phi) is 5.73. The van der Waals surface area contributed by atoms with Crippen LogP contribution in [-0.4, -0.2) is 25.0 Å². The molecule has 0 saturated heterocycles. The molecule has 2 aromatic carbocycles. The van der Waals surface area contributed by atoms with E-state index in [2.05, 4.69) is 10.6 Å². The number of hydrogen-bond donors (Lipinski definition) is 2. The van der Waals surface area contributed by atoms with E-state index >= 15 is 0 Å². The molecule has 0 spiro atoms. The van der Waals surface area contributed by atoms with Gasteiger partial charge in [0.1, 0.15) is 11.5 Å². The molecule has 0 aromatic heterocycles. The number of para-hydroxylation sites is 2. The molecule has 6 heteroatoms. The van der Waals surface area contributed by atoms with E-state index in [4.69, 9.17) is 9.47 Å². The zero-order chi connectivity index (χ0) is 18.4. The summed E-state index contributed by atoms with van der Waals surface area (Å²) in [6.07, 6.45) is 2.03. The van der Waals surface area contributed by atoms with Gasteiger partial charge in [-0.3, -0.25) is 9.59 Å². The minimum atomic E-state index is -0.261. The van der Waals surface area contributed by atoms with E-state index in [1.807, 2.05) is 31.2 Å². The van der Waals surface area contributed by atoms with Crippen molar-refractivity contribution in [3.63, 3.8) is 0 Å². The Morgan fingerprint density at radius 3 is 2.85 bits per heavy atom. The number of aryl methyl sites for hydroxylation is 1. The zero-order valence-corrected chi connectivity index (χ0v) is 14.7. The van der Waals surface area contributed by atoms with E-state index in [0.29, 0.717) is 36.6 Å². The van der Waals surface area contributed by atoms with Crippen LogP contribution in [0.1, 0.15) is 25.3 Å². The Morgan fingerprint density at radius 2 is 2.00 bits per heavy atom. The molecule has 1 aliphatic rings. The Labute approximate surface area is 152 Å². The van der Waals surface area contributed by atoms with Crippen molar-refractivity contribution in [1.29, 1.82) is 0 Å². The number of fused-ring (bicyclic) bond motifs is 1. The molecule has 2 amide bonds. The number of amides is 2. The second-order valence-corrected chi connectivity index (χ2v) is 6.05. The Morgan fingerprint density at radius 1 is 1.15 bits per heavy atom. The number of nitrogens with one attached hydrogen (secondary N) is 2. The third kappa shape index (κ3) is 4.53. The molecule has 0 aliphatic carbocycles. The number of benzene rings is 2. The van der Waals surface area contributed by atoms with Crippen molar-refractivity contribution in [2.45, 2.75) is 26.2 Å². The molecule has 0 saturated carbocycles. The lowest BCUT2D eigenvalue weighted by Crippen LogP contribution is -2.21. The van der Waals surface area contributed by atoms with Gasteiger partial charge in [0.15, 0.2) is 6.61 Å². The standard InChI is InChI=1S/C20H22N2O4/c1-2-11-25-18-6-4-3-5-17(18)22-20(24)13-26-15-8-9-16-14(12-15)7-10-19(23)21-16/h3-6,8-9,12H,2,7,10-11,13H2,1H3,(H,21,23)(H,22,24). The molecule has 0 fully saturated rings. The monoisotopic (exact) mass is 354 g/mol. The SMILES string of the molecule is CCCOc1ccccc1NC(=O)COc1ccc2c(c1)CCC(=O)N2. The predicted octanol–water partition coefficient (Wildman–Crippen LogP) is 3.38. The second-order valence-electron chi connectivity index (χ2n) is 6.05. The largest absolute Gasteiger partial charge is 0.491 e. The number of ether oxygens (including phenoxy) is 2. The predicted molar refractivity (Wildman–Crippen MR) is 99.7 cm³/mol. The molecule has 1 heterocycles. The summed E-state index contributed by atoms with van der Waals surface area (Å²) in [4.78, 5) is 23.6. The molecule has 2 aromatic rings. The van der Waals surface area contributed by atoms with E-state index in [1.165, 1.54) is 0 Å². The molecule has 0 radical (unpaired) electrons. The van der Waals surface area contributed by atoms with Crippen molar-refractivity contribution in [2.24, 2.45) is 0 Å². The highest BCUT2D eigenvalue weighted by molar-refractivity contribution is 5.94. The lowest BCUT2D eigenvalue weighted by atomic mass is 10.0. The maximum Gasteiger partial charge on any atom is 0.262 e. The van der Waals surface area contributed by atoms with E-state index < -0.39 is 0 Å². The van der Waals surface area contributed by atoms with Gasteiger partial charge in [-0.1, -0.05) is 19.1 Å². The highest BCUT2D eigenvalue weighted by Crippen LogP contribution is 2.27. The van der Waals surface area contributed by atoms with Gasteiger partial charge in [0.2, 0.25) is 5.91 Å². The van der Waals surface area contributed by atoms with Crippen LogP contribution in [0, 0.1) is 0 Å². The fourth-order valence-electron chi connectivity index (χ4n) is 2.69. The van der Waals surface area contributed by atoms with Gasteiger partial charge in [-0.25, -0.2) is 0 Å². The summed E-state index contributed by atoms with van der Waals surface area (Å²) in [5, 5.41) is 5.63. The van der Waals surface area contributed by atoms with Gasteiger partial charge >= 0.3 is 0 Å². The van der Waals surface area contributed by atoms with Crippen molar-refractivity contribution in [3.8, 4) is 11.5 Å². The normalized spacial score (nSPS) is 12.7. The van der Waals surface area contributed by atoms with Gasteiger partial charge in [-0.15, -0.1) is 0 Å². The number of anilines is 2. The molecule has 0 unspecified atom stereocenters. The lowest BCUT2D eigenvalue weighted by Gasteiger charge is -2.17. The Bertz CT molecular complexity index is 804. The summed E-state index contributed by atoms with van der Waals surface area (Å²) in [5.74, 6) is 1.01. The molecular weight excluding hydrogens is 332 g/mol. The molecule has 0 atom stereocenters. The van der Waals surface area contributed by atoms with E-state index in [0.717, 1.165) is 17.7 Å².